The van der Waals surface area contributed by atoms with Crippen molar-refractivity contribution in [1.82, 2.24) is 5.43 Å². The summed E-state index contributed by atoms with van der Waals surface area (Å²) in [5, 5.41) is 9.31. The Balaban J connectivity index is 1.52. The molecule has 3 aromatic carbocycles. The SMILES string of the molecule is COc1ccc(NC(=O)C(=O)N/N=C\c2ccc(OCC(=O)Nc3ccccc3Cl)c(OC)c2)cc1. The van der Waals surface area contributed by atoms with Crippen molar-refractivity contribution in [2.45, 2.75) is 0 Å². The van der Waals surface area contributed by atoms with Crippen LogP contribution in [0.5, 0.6) is 17.2 Å². The Kier molecular flexibility index (Phi) is 9.24. The standard InChI is InChI=1S/C25H23ClN4O6/c1-34-18-10-8-17(9-11-18)28-24(32)25(33)30-27-14-16-7-12-21(22(13-16)35-2)36-15-23(31)29-20-6-4-3-5-19(20)26/h3-14H,15H2,1-2H3,(H,28,32)(H,29,31)(H,30,33)/b27-14-. The molecule has 0 radical (unpaired) electrons. The van der Waals surface area contributed by atoms with Crippen molar-refractivity contribution in [3.8, 4) is 17.2 Å². The summed E-state index contributed by atoms with van der Waals surface area (Å²) in [5.41, 5.74) is 3.61. The van der Waals surface area contributed by atoms with Crippen LogP contribution in [0.2, 0.25) is 5.02 Å². The number of nitrogens with zero attached hydrogens (tertiary/aromatic N) is 1. The summed E-state index contributed by atoms with van der Waals surface area (Å²) in [6.45, 7) is -0.269. The molecule has 36 heavy (non-hydrogen) atoms. The van der Waals surface area contributed by atoms with Crippen LogP contribution in [0.3, 0.4) is 0 Å². The lowest BCUT2D eigenvalue weighted by Crippen LogP contribution is -2.32. The lowest BCUT2D eigenvalue weighted by atomic mass is 10.2. The molecule has 0 fully saturated rings. The van der Waals surface area contributed by atoms with E-state index >= 15 is 0 Å². The Bertz CT molecular complexity index is 1260. The van der Waals surface area contributed by atoms with E-state index in [1.807, 2.05) is 0 Å². The average molecular weight is 511 g/mol. The van der Waals surface area contributed by atoms with Gasteiger partial charge in [0.1, 0.15) is 5.75 Å². The average Bonchev–Trinajstić information content (AvgIpc) is 2.89. The topological polar surface area (TPSA) is 127 Å². The van der Waals surface area contributed by atoms with Gasteiger partial charge in [0.25, 0.3) is 5.91 Å². The summed E-state index contributed by atoms with van der Waals surface area (Å²) in [6.07, 6.45) is 1.33. The van der Waals surface area contributed by atoms with Crippen molar-refractivity contribution < 1.29 is 28.6 Å². The molecule has 3 N–H and O–H groups in total. The number of methoxy groups -OCH3 is 2. The highest BCUT2D eigenvalue weighted by Gasteiger charge is 2.13. The minimum absolute atomic E-state index is 0.269. The Morgan fingerprint density at radius 2 is 1.64 bits per heavy atom. The van der Waals surface area contributed by atoms with Gasteiger partial charge in [-0.05, 0) is 60.2 Å². The molecule has 186 valence electrons. The smallest absolute Gasteiger partial charge is 0.329 e. The number of amides is 3. The maximum atomic E-state index is 12.2. The maximum absolute atomic E-state index is 12.2. The minimum atomic E-state index is -0.946. The third kappa shape index (κ3) is 7.47. The number of hydrogen-bond acceptors (Lipinski definition) is 7. The summed E-state index contributed by atoms with van der Waals surface area (Å²) in [5.74, 6) is -0.937. The number of nitrogens with one attached hydrogen (secondary N) is 3. The van der Waals surface area contributed by atoms with E-state index in [0.29, 0.717) is 39.2 Å². The number of para-hydroxylation sites is 1. The number of anilines is 2. The van der Waals surface area contributed by atoms with Crippen LogP contribution >= 0.6 is 11.6 Å². The molecule has 0 aliphatic carbocycles. The van der Waals surface area contributed by atoms with Crippen molar-refractivity contribution >= 4 is 46.9 Å². The number of benzene rings is 3. The monoisotopic (exact) mass is 510 g/mol. The fraction of sp³-hybridized carbons (Fsp3) is 0.120. The molecule has 11 heteroatoms. The van der Waals surface area contributed by atoms with Gasteiger partial charge in [0.15, 0.2) is 18.1 Å². The fourth-order valence-corrected chi connectivity index (χ4v) is 3.04. The minimum Gasteiger partial charge on any atom is -0.497 e. The van der Waals surface area contributed by atoms with E-state index in [4.69, 9.17) is 25.8 Å². The Hall–Kier alpha value is -4.57. The zero-order valence-electron chi connectivity index (χ0n) is 19.4. The molecule has 3 rings (SSSR count). The second kappa shape index (κ2) is 12.8. The van der Waals surface area contributed by atoms with E-state index in [2.05, 4.69) is 21.2 Å². The van der Waals surface area contributed by atoms with Crippen LogP contribution in [0, 0.1) is 0 Å². The quantitative estimate of drug-likeness (QED) is 0.230. The van der Waals surface area contributed by atoms with E-state index in [-0.39, 0.29) is 6.61 Å². The molecule has 3 aromatic rings. The second-order valence-electron chi connectivity index (χ2n) is 7.11. The molecule has 0 bridgehead atoms. The fourth-order valence-electron chi connectivity index (χ4n) is 2.85. The number of carbonyl (C=O) groups is 3. The van der Waals surface area contributed by atoms with Gasteiger partial charge < -0.3 is 24.8 Å². The van der Waals surface area contributed by atoms with Gasteiger partial charge in [0.05, 0.1) is 31.1 Å². The molecule has 0 saturated carbocycles. The van der Waals surface area contributed by atoms with Crippen LogP contribution in [0.25, 0.3) is 0 Å². The van der Waals surface area contributed by atoms with E-state index < -0.39 is 17.7 Å². The highest BCUT2D eigenvalue weighted by Crippen LogP contribution is 2.28. The molecule has 0 aliphatic heterocycles. The number of carbonyl (C=O) groups excluding carboxylic acids is 3. The predicted octanol–water partition coefficient (Wildman–Crippen LogP) is 3.46. The van der Waals surface area contributed by atoms with Gasteiger partial charge in [-0.25, -0.2) is 5.43 Å². The van der Waals surface area contributed by atoms with Gasteiger partial charge in [-0.3, -0.25) is 14.4 Å². The number of hydrazone groups is 1. The van der Waals surface area contributed by atoms with E-state index in [1.165, 1.54) is 20.4 Å². The van der Waals surface area contributed by atoms with Crippen LogP contribution in [0.15, 0.2) is 71.8 Å². The van der Waals surface area contributed by atoms with E-state index in [0.717, 1.165) is 0 Å². The van der Waals surface area contributed by atoms with Crippen LogP contribution in [0.1, 0.15) is 5.56 Å². The molecular weight excluding hydrogens is 488 g/mol. The Morgan fingerprint density at radius 3 is 2.33 bits per heavy atom. The first-order valence-corrected chi connectivity index (χ1v) is 10.9. The third-order valence-electron chi connectivity index (χ3n) is 4.63. The second-order valence-corrected chi connectivity index (χ2v) is 7.52. The summed E-state index contributed by atoms with van der Waals surface area (Å²) >= 11 is 6.04. The van der Waals surface area contributed by atoms with Crippen molar-refractivity contribution in [1.29, 1.82) is 0 Å². The van der Waals surface area contributed by atoms with Crippen LogP contribution < -0.4 is 30.3 Å². The lowest BCUT2D eigenvalue weighted by molar-refractivity contribution is -0.136. The van der Waals surface area contributed by atoms with Crippen molar-refractivity contribution in [3.05, 3.63) is 77.3 Å². The van der Waals surface area contributed by atoms with Crippen LogP contribution in [-0.2, 0) is 14.4 Å². The zero-order valence-corrected chi connectivity index (χ0v) is 20.2. The molecule has 3 amide bonds. The maximum Gasteiger partial charge on any atom is 0.329 e. The molecule has 10 nitrogen and oxygen atoms in total. The number of rotatable bonds is 9. The van der Waals surface area contributed by atoms with Gasteiger partial charge in [0.2, 0.25) is 0 Å². The number of halogens is 1. The molecule has 0 heterocycles. The van der Waals surface area contributed by atoms with Crippen molar-refractivity contribution in [3.63, 3.8) is 0 Å². The normalized spacial score (nSPS) is 10.4. The largest absolute Gasteiger partial charge is 0.497 e. The zero-order chi connectivity index (χ0) is 25.9. The van der Waals surface area contributed by atoms with Crippen LogP contribution in [0.4, 0.5) is 11.4 Å². The first kappa shape index (κ1) is 26.0. The predicted molar refractivity (Wildman–Crippen MR) is 136 cm³/mol. The summed E-state index contributed by atoms with van der Waals surface area (Å²) in [6, 6.07) is 18.2. The highest BCUT2D eigenvalue weighted by molar-refractivity contribution is 6.39. The van der Waals surface area contributed by atoms with E-state index in [1.54, 1.807) is 66.7 Å². The summed E-state index contributed by atoms with van der Waals surface area (Å²) < 4.78 is 15.9. The molecule has 0 saturated heterocycles. The van der Waals surface area contributed by atoms with Gasteiger partial charge in [-0.15, -0.1) is 0 Å². The molecule has 0 atom stereocenters. The molecule has 0 aliphatic rings. The van der Waals surface area contributed by atoms with Gasteiger partial charge in [-0.1, -0.05) is 23.7 Å². The molecular formula is C25H23ClN4O6. The number of ether oxygens (including phenoxy) is 3. The van der Waals surface area contributed by atoms with Crippen molar-refractivity contribution in [2.75, 3.05) is 31.5 Å². The Labute approximate surface area is 212 Å². The van der Waals surface area contributed by atoms with E-state index in [9.17, 15) is 14.4 Å². The van der Waals surface area contributed by atoms with Gasteiger partial charge in [0, 0.05) is 5.69 Å². The Morgan fingerprint density at radius 1 is 0.889 bits per heavy atom. The first-order valence-electron chi connectivity index (χ1n) is 10.5. The van der Waals surface area contributed by atoms with Crippen LogP contribution in [-0.4, -0.2) is 44.8 Å². The highest BCUT2D eigenvalue weighted by atomic mass is 35.5. The lowest BCUT2D eigenvalue weighted by Gasteiger charge is -2.12. The van der Waals surface area contributed by atoms with Gasteiger partial charge in [-0.2, -0.15) is 5.10 Å². The third-order valence-corrected chi connectivity index (χ3v) is 4.96. The summed E-state index contributed by atoms with van der Waals surface area (Å²) in [7, 11) is 2.97. The molecule has 0 spiro atoms. The molecule has 0 unspecified atom stereocenters. The number of hydrogen-bond donors (Lipinski definition) is 3. The molecule has 0 aromatic heterocycles. The van der Waals surface area contributed by atoms with Gasteiger partial charge >= 0.3 is 11.8 Å². The first-order chi connectivity index (χ1) is 17.4. The van der Waals surface area contributed by atoms with Crippen molar-refractivity contribution in [2.24, 2.45) is 5.10 Å². The summed E-state index contributed by atoms with van der Waals surface area (Å²) in [4.78, 5) is 36.2.